The van der Waals surface area contributed by atoms with Gasteiger partial charge in [0.1, 0.15) is 5.75 Å². The standard InChI is InChI=1S/C15H19NO2/c1-18-15-9-5-3-7-12(15)13-10-16(17)14-8-4-2-6-11(13)14/h3,5,7,9,11,13H,2,4,6,8,10H2,1H3. The quantitative estimate of drug-likeness (QED) is 0.593. The van der Waals surface area contributed by atoms with Gasteiger partial charge in [0.25, 0.3) is 0 Å². The highest BCUT2D eigenvalue weighted by atomic mass is 16.5. The van der Waals surface area contributed by atoms with Crippen LogP contribution in [0.3, 0.4) is 0 Å². The molecule has 0 radical (unpaired) electrons. The Morgan fingerprint density at radius 3 is 2.89 bits per heavy atom. The average Bonchev–Trinajstić information content (AvgIpc) is 2.77. The highest BCUT2D eigenvalue weighted by Crippen LogP contribution is 2.41. The molecule has 3 rings (SSSR count). The van der Waals surface area contributed by atoms with Crippen LogP contribution in [-0.4, -0.2) is 24.1 Å². The number of hydrogen-bond donors (Lipinski definition) is 0. The van der Waals surface area contributed by atoms with E-state index in [1.165, 1.54) is 23.1 Å². The molecule has 2 atom stereocenters. The van der Waals surface area contributed by atoms with Crippen molar-refractivity contribution in [2.24, 2.45) is 5.92 Å². The van der Waals surface area contributed by atoms with Gasteiger partial charge in [-0.1, -0.05) is 24.6 Å². The molecule has 0 aromatic heterocycles. The Balaban J connectivity index is 1.94. The normalized spacial score (nSPS) is 27.2. The van der Waals surface area contributed by atoms with Gasteiger partial charge >= 0.3 is 0 Å². The van der Waals surface area contributed by atoms with E-state index in [-0.39, 0.29) is 0 Å². The fraction of sp³-hybridized carbons (Fsp3) is 0.533. The van der Waals surface area contributed by atoms with Crippen molar-refractivity contribution in [1.29, 1.82) is 0 Å². The molecule has 1 aliphatic heterocycles. The van der Waals surface area contributed by atoms with Gasteiger partial charge in [0.05, 0.1) is 18.9 Å². The third kappa shape index (κ3) is 1.78. The molecule has 96 valence electrons. The van der Waals surface area contributed by atoms with Crippen LogP contribution in [0.4, 0.5) is 0 Å². The largest absolute Gasteiger partial charge is 0.624 e. The number of para-hydroxylation sites is 1. The summed E-state index contributed by atoms with van der Waals surface area (Å²) in [6.07, 6.45) is 4.55. The summed E-state index contributed by atoms with van der Waals surface area (Å²) in [6.45, 7) is 0.598. The lowest BCUT2D eigenvalue weighted by Gasteiger charge is -2.22. The van der Waals surface area contributed by atoms with Crippen molar-refractivity contribution in [2.45, 2.75) is 31.6 Å². The molecule has 0 amide bonds. The van der Waals surface area contributed by atoms with Crippen molar-refractivity contribution in [1.82, 2.24) is 0 Å². The molecule has 3 nitrogen and oxygen atoms in total. The molecule has 18 heavy (non-hydrogen) atoms. The Morgan fingerprint density at radius 2 is 2.06 bits per heavy atom. The fourth-order valence-electron chi connectivity index (χ4n) is 3.48. The number of hydroxylamine groups is 1. The number of ether oxygens (including phenoxy) is 1. The molecular formula is C15H19NO2. The van der Waals surface area contributed by atoms with E-state index in [0.717, 1.165) is 24.3 Å². The maximum atomic E-state index is 12.0. The molecule has 1 heterocycles. The monoisotopic (exact) mass is 245 g/mol. The van der Waals surface area contributed by atoms with Gasteiger partial charge in [-0.3, -0.25) is 0 Å². The number of benzene rings is 1. The molecule has 3 heteroatoms. The summed E-state index contributed by atoms with van der Waals surface area (Å²) in [5, 5.41) is 12.0. The molecule has 0 bridgehead atoms. The van der Waals surface area contributed by atoms with Crippen molar-refractivity contribution >= 4 is 5.71 Å². The van der Waals surface area contributed by atoms with Crippen LogP contribution >= 0.6 is 0 Å². The summed E-state index contributed by atoms with van der Waals surface area (Å²) in [4.78, 5) is 0. The molecule has 0 N–H and O–H groups in total. The molecule has 0 spiro atoms. The Bertz CT molecular complexity index is 481. The minimum Gasteiger partial charge on any atom is -0.624 e. The highest BCUT2D eigenvalue weighted by molar-refractivity contribution is 5.85. The SMILES string of the molecule is COc1ccccc1C1C[N+]([O-])=C2CCCCC21. The Labute approximate surface area is 108 Å². The Kier molecular flexibility index (Phi) is 2.98. The number of nitrogens with zero attached hydrogens (tertiary/aromatic N) is 1. The molecule has 2 unspecified atom stereocenters. The van der Waals surface area contributed by atoms with E-state index >= 15 is 0 Å². The van der Waals surface area contributed by atoms with Crippen LogP contribution in [0, 0.1) is 11.1 Å². The van der Waals surface area contributed by atoms with Gasteiger partial charge < -0.3 is 9.94 Å². The van der Waals surface area contributed by atoms with E-state index in [1.807, 2.05) is 18.2 Å². The third-order valence-electron chi connectivity index (χ3n) is 4.33. The van der Waals surface area contributed by atoms with Crippen LogP contribution in [0.1, 0.15) is 37.2 Å². The lowest BCUT2D eigenvalue weighted by molar-refractivity contribution is -0.452. The topological polar surface area (TPSA) is 35.3 Å². The zero-order chi connectivity index (χ0) is 12.5. The molecule has 1 saturated carbocycles. The van der Waals surface area contributed by atoms with Gasteiger partial charge in [-0.2, -0.15) is 0 Å². The van der Waals surface area contributed by atoms with Gasteiger partial charge in [0, 0.05) is 12.0 Å². The molecule has 1 aromatic rings. The summed E-state index contributed by atoms with van der Waals surface area (Å²) in [7, 11) is 1.70. The van der Waals surface area contributed by atoms with Crippen LogP contribution in [0.5, 0.6) is 5.75 Å². The van der Waals surface area contributed by atoms with E-state index in [4.69, 9.17) is 4.74 Å². The predicted octanol–water partition coefficient (Wildman–Crippen LogP) is 2.93. The highest BCUT2D eigenvalue weighted by Gasteiger charge is 2.42. The summed E-state index contributed by atoms with van der Waals surface area (Å²) in [6, 6.07) is 8.12. The van der Waals surface area contributed by atoms with E-state index in [9.17, 15) is 5.21 Å². The fourth-order valence-corrected chi connectivity index (χ4v) is 3.48. The Morgan fingerprint density at radius 1 is 1.22 bits per heavy atom. The van der Waals surface area contributed by atoms with E-state index < -0.39 is 0 Å². The van der Waals surface area contributed by atoms with Gasteiger partial charge in [0.2, 0.25) is 0 Å². The summed E-state index contributed by atoms with van der Waals surface area (Å²) in [5.41, 5.74) is 2.32. The molecule has 1 aliphatic carbocycles. The Hall–Kier alpha value is -1.51. The second-order valence-electron chi connectivity index (χ2n) is 5.25. The maximum Gasteiger partial charge on any atom is 0.167 e. The number of methoxy groups -OCH3 is 1. The zero-order valence-electron chi connectivity index (χ0n) is 10.8. The number of hydrogen-bond acceptors (Lipinski definition) is 2. The lowest BCUT2D eigenvalue weighted by Crippen LogP contribution is -2.22. The van der Waals surface area contributed by atoms with Gasteiger partial charge in [-0.15, -0.1) is 0 Å². The second-order valence-corrected chi connectivity index (χ2v) is 5.25. The number of fused-ring (bicyclic) bond motifs is 1. The summed E-state index contributed by atoms with van der Waals surface area (Å²) < 4.78 is 6.68. The van der Waals surface area contributed by atoms with Gasteiger partial charge in [-0.25, -0.2) is 4.74 Å². The molecule has 1 aromatic carbocycles. The van der Waals surface area contributed by atoms with Crippen molar-refractivity contribution < 1.29 is 9.48 Å². The molecule has 2 aliphatic rings. The smallest absolute Gasteiger partial charge is 0.167 e. The number of rotatable bonds is 2. The van der Waals surface area contributed by atoms with Crippen LogP contribution in [0.2, 0.25) is 0 Å². The van der Waals surface area contributed by atoms with Crippen LogP contribution in [0.25, 0.3) is 0 Å². The molecule has 0 saturated heterocycles. The lowest BCUT2D eigenvalue weighted by atomic mass is 9.77. The van der Waals surface area contributed by atoms with E-state index in [1.54, 1.807) is 7.11 Å². The first-order chi connectivity index (χ1) is 8.81. The first-order valence-corrected chi connectivity index (χ1v) is 6.74. The molecule has 1 fully saturated rings. The zero-order valence-corrected chi connectivity index (χ0v) is 10.8. The van der Waals surface area contributed by atoms with Crippen LogP contribution < -0.4 is 4.74 Å². The van der Waals surface area contributed by atoms with Crippen molar-refractivity contribution in [3.05, 3.63) is 35.0 Å². The summed E-state index contributed by atoms with van der Waals surface area (Å²) >= 11 is 0. The van der Waals surface area contributed by atoms with E-state index in [2.05, 4.69) is 6.07 Å². The predicted molar refractivity (Wildman–Crippen MR) is 71.2 cm³/mol. The first-order valence-electron chi connectivity index (χ1n) is 6.74. The van der Waals surface area contributed by atoms with Crippen LogP contribution in [0.15, 0.2) is 24.3 Å². The minimum atomic E-state index is 0.314. The first kappa shape index (κ1) is 11.6. The second kappa shape index (κ2) is 4.63. The third-order valence-corrected chi connectivity index (χ3v) is 4.33. The van der Waals surface area contributed by atoms with Crippen molar-refractivity contribution in [2.75, 3.05) is 13.7 Å². The van der Waals surface area contributed by atoms with E-state index in [0.29, 0.717) is 18.4 Å². The average molecular weight is 245 g/mol. The minimum absolute atomic E-state index is 0.314. The van der Waals surface area contributed by atoms with Crippen molar-refractivity contribution in [3.63, 3.8) is 0 Å². The van der Waals surface area contributed by atoms with Gasteiger partial charge in [-0.05, 0) is 18.9 Å². The summed E-state index contributed by atoms with van der Waals surface area (Å²) in [5.74, 6) is 1.67. The van der Waals surface area contributed by atoms with Crippen LogP contribution in [-0.2, 0) is 0 Å². The maximum absolute atomic E-state index is 12.0. The molecular weight excluding hydrogens is 226 g/mol. The van der Waals surface area contributed by atoms with Crippen molar-refractivity contribution in [3.8, 4) is 5.75 Å². The van der Waals surface area contributed by atoms with Gasteiger partial charge in [0.15, 0.2) is 12.3 Å².